The fourth-order valence-electron chi connectivity index (χ4n) is 4.23. The Morgan fingerprint density at radius 3 is 1.02 bits per heavy atom. The number of hydrogen-bond acceptors (Lipinski definition) is 8. The summed E-state index contributed by atoms with van der Waals surface area (Å²) in [5.74, 6) is -8.87. The molecular formula is C22H4F12N8. The average Bonchev–Trinajstić information content (AvgIpc) is 2.94. The fraction of sp³-hybridized carbons (Fsp3) is 0.182. The second-order valence-electron chi connectivity index (χ2n) is 8.44. The predicted molar refractivity (Wildman–Crippen MR) is 116 cm³/mol. The number of rotatable bonds is 2. The SMILES string of the molecule is FCc1nc2nc3c(nc2nc1C(F)(F)F)c1nc2nc(C(F)(F)F)c(CF)nc2nc1c1c(F)c(F)c(F)c(F)c31. The van der Waals surface area contributed by atoms with Crippen LogP contribution in [0, 0.1) is 23.3 Å². The van der Waals surface area contributed by atoms with Crippen LogP contribution in [0.1, 0.15) is 22.8 Å². The third-order valence-electron chi connectivity index (χ3n) is 5.94. The molecule has 0 aliphatic carbocycles. The van der Waals surface area contributed by atoms with Crippen LogP contribution in [0.2, 0.25) is 0 Å². The number of aromatic nitrogens is 8. The van der Waals surface area contributed by atoms with Crippen molar-refractivity contribution in [1.82, 2.24) is 39.9 Å². The maximum atomic E-state index is 15.1. The van der Waals surface area contributed by atoms with Gasteiger partial charge in [0.15, 0.2) is 57.2 Å². The molecule has 216 valence electrons. The molecule has 0 atom stereocenters. The van der Waals surface area contributed by atoms with E-state index in [1.807, 2.05) is 0 Å². The second-order valence-corrected chi connectivity index (χ2v) is 8.44. The molecule has 4 heterocycles. The van der Waals surface area contributed by atoms with Gasteiger partial charge in [-0.1, -0.05) is 0 Å². The molecule has 42 heavy (non-hydrogen) atoms. The van der Waals surface area contributed by atoms with E-state index in [-0.39, 0.29) is 0 Å². The Morgan fingerprint density at radius 1 is 0.405 bits per heavy atom. The molecule has 4 aromatic heterocycles. The summed E-state index contributed by atoms with van der Waals surface area (Å²) in [6, 6.07) is 0. The van der Waals surface area contributed by atoms with E-state index in [4.69, 9.17) is 0 Å². The number of fused-ring (bicyclic) bond motifs is 8. The standard InChI is InChI=1S/C22H4F12N8/c23-1-3-15(21(29,30)31)41-19-17(35-3)37-11-5-6(8(26)10(28)9(27)7(5)25)12-14(13(11)39-19)40-20-18(38-12)36-4(2-24)16(42-20)22(32,33)34/h1-2H2. The van der Waals surface area contributed by atoms with Gasteiger partial charge in [-0.3, -0.25) is 0 Å². The molecule has 0 fully saturated rings. The number of halogens is 12. The first-order valence-electron chi connectivity index (χ1n) is 11.0. The van der Waals surface area contributed by atoms with Crippen LogP contribution in [0.3, 0.4) is 0 Å². The third-order valence-corrected chi connectivity index (χ3v) is 5.94. The number of nitrogens with zero attached hydrogens (tertiary/aromatic N) is 8. The molecule has 2 aromatic carbocycles. The van der Waals surface area contributed by atoms with Gasteiger partial charge in [-0.05, 0) is 0 Å². The molecule has 6 aromatic rings. The minimum Gasteiger partial charge on any atom is -0.244 e. The van der Waals surface area contributed by atoms with Crippen LogP contribution in [0.25, 0.3) is 55.4 Å². The molecule has 0 amide bonds. The molecule has 0 bridgehead atoms. The Labute approximate surface area is 220 Å². The van der Waals surface area contributed by atoms with Crippen molar-refractivity contribution < 1.29 is 52.7 Å². The van der Waals surface area contributed by atoms with E-state index in [9.17, 15) is 43.9 Å². The molecule has 0 spiro atoms. The first kappa shape index (κ1) is 27.4. The Morgan fingerprint density at radius 2 is 0.714 bits per heavy atom. The van der Waals surface area contributed by atoms with Crippen molar-refractivity contribution in [3.05, 3.63) is 46.0 Å². The van der Waals surface area contributed by atoms with Crippen LogP contribution in [0.4, 0.5) is 52.7 Å². The van der Waals surface area contributed by atoms with Crippen LogP contribution >= 0.6 is 0 Å². The first-order chi connectivity index (χ1) is 19.6. The van der Waals surface area contributed by atoms with E-state index >= 15 is 8.78 Å². The van der Waals surface area contributed by atoms with Gasteiger partial charge in [-0.25, -0.2) is 66.2 Å². The van der Waals surface area contributed by atoms with Crippen molar-refractivity contribution in [2.24, 2.45) is 0 Å². The highest BCUT2D eigenvalue weighted by molar-refractivity contribution is 6.22. The summed E-state index contributed by atoms with van der Waals surface area (Å²) in [6.07, 6.45) is -10.5. The van der Waals surface area contributed by atoms with Gasteiger partial charge in [0.2, 0.25) is 0 Å². The van der Waals surface area contributed by atoms with Crippen LogP contribution in [0.15, 0.2) is 0 Å². The summed E-state index contributed by atoms with van der Waals surface area (Å²) >= 11 is 0. The molecule has 0 radical (unpaired) electrons. The molecule has 0 aliphatic heterocycles. The van der Waals surface area contributed by atoms with Crippen molar-refractivity contribution in [2.75, 3.05) is 0 Å². The highest BCUT2D eigenvalue weighted by atomic mass is 19.4. The molecular weight excluding hydrogens is 604 g/mol. The summed E-state index contributed by atoms with van der Waals surface area (Å²) < 4.78 is 166. The van der Waals surface area contributed by atoms with Crippen LogP contribution in [-0.4, -0.2) is 39.9 Å². The molecule has 0 unspecified atom stereocenters. The normalized spacial score (nSPS) is 13.0. The lowest BCUT2D eigenvalue weighted by molar-refractivity contribution is -0.143. The summed E-state index contributed by atoms with van der Waals surface area (Å²) in [5, 5.41) is -2.38. The molecule has 0 N–H and O–H groups in total. The molecule has 0 aliphatic rings. The zero-order valence-electron chi connectivity index (χ0n) is 19.5. The van der Waals surface area contributed by atoms with E-state index < -0.39 is 127 Å². The topological polar surface area (TPSA) is 103 Å². The summed E-state index contributed by atoms with van der Waals surface area (Å²) in [4.78, 5) is 28.0. The lowest BCUT2D eigenvalue weighted by Gasteiger charge is -2.14. The zero-order chi connectivity index (χ0) is 30.5. The summed E-state index contributed by atoms with van der Waals surface area (Å²) in [6.45, 7) is -3.62. The smallest absolute Gasteiger partial charge is 0.244 e. The van der Waals surface area contributed by atoms with Crippen molar-refractivity contribution >= 4 is 55.4 Å². The first-order valence-corrected chi connectivity index (χ1v) is 11.0. The van der Waals surface area contributed by atoms with Crippen molar-refractivity contribution in [1.29, 1.82) is 0 Å². The van der Waals surface area contributed by atoms with E-state index in [0.29, 0.717) is 0 Å². The Balaban J connectivity index is 1.89. The van der Waals surface area contributed by atoms with Crippen LogP contribution < -0.4 is 0 Å². The number of hydrogen-bond donors (Lipinski definition) is 0. The quantitative estimate of drug-likeness (QED) is 0.0759. The average molecular weight is 608 g/mol. The lowest BCUT2D eigenvalue weighted by Crippen LogP contribution is -2.15. The van der Waals surface area contributed by atoms with Gasteiger partial charge >= 0.3 is 12.4 Å². The van der Waals surface area contributed by atoms with Gasteiger partial charge in [0, 0.05) is 0 Å². The molecule has 0 saturated heterocycles. The van der Waals surface area contributed by atoms with Gasteiger partial charge in [0.05, 0.1) is 10.8 Å². The zero-order valence-corrected chi connectivity index (χ0v) is 19.5. The minimum atomic E-state index is -5.26. The van der Waals surface area contributed by atoms with Crippen LogP contribution in [-0.2, 0) is 25.7 Å². The Hall–Kier alpha value is -4.78. The predicted octanol–water partition coefficient (Wildman–Crippen LogP) is 6.15. The molecule has 20 heteroatoms. The van der Waals surface area contributed by atoms with Gasteiger partial charge in [-0.2, -0.15) is 26.3 Å². The number of benzene rings is 2. The van der Waals surface area contributed by atoms with Gasteiger partial charge in [0.1, 0.15) is 46.8 Å². The van der Waals surface area contributed by atoms with E-state index in [1.54, 1.807) is 0 Å². The third kappa shape index (κ3) is 3.87. The van der Waals surface area contributed by atoms with E-state index in [0.717, 1.165) is 0 Å². The van der Waals surface area contributed by atoms with Crippen molar-refractivity contribution in [3.8, 4) is 0 Å². The van der Waals surface area contributed by atoms with Crippen LogP contribution in [0.5, 0.6) is 0 Å². The maximum Gasteiger partial charge on any atom is 0.435 e. The Kier molecular flexibility index (Phi) is 5.78. The maximum absolute atomic E-state index is 15.1. The van der Waals surface area contributed by atoms with E-state index in [1.165, 1.54) is 0 Å². The highest BCUT2D eigenvalue weighted by Gasteiger charge is 2.39. The highest BCUT2D eigenvalue weighted by Crippen LogP contribution is 2.39. The fourth-order valence-corrected chi connectivity index (χ4v) is 4.23. The number of alkyl halides is 8. The largest absolute Gasteiger partial charge is 0.435 e. The van der Waals surface area contributed by atoms with Gasteiger partial charge < -0.3 is 0 Å². The van der Waals surface area contributed by atoms with Gasteiger partial charge in [0.25, 0.3) is 0 Å². The minimum absolute atomic E-state index is 0.843. The summed E-state index contributed by atoms with van der Waals surface area (Å²) in [5.41, 5.74) is -13.5. The second kappa shape index (κ2) is 8.86. The van der Waals surface area contributed by atoms with Gasteiger partial charge in [-0.15, -0.1) is 0 Å². The monoisotopic (exact) mass is 608 g/mol. The lowest BCUT2D eigenvalue weighted by atomic mass is 10.0. The van der Waals surface area contributed by atoms with E-state index in [2.05, 4.69) is 39.9 Å². The van der Waals surface area contributed by atoms with Crippen molar-refractivity contribution in [3.63, 3.8) is 0 Å². The molecule has 0 saturated carbocycles. The Bertz CT molecular complexity index is 1990. The molecule has 8 nitrogen and oxygen atoms in total. The summed E-state index contributed by atoms with van der Waals surface area (Å²) in [7, 11) is 0. The van der Waals surface area contributed by atoms with Crippen molar-refractivity contribution in [2.45, 2.75) is 25.7 Å². The molecule has 6 rings (SSSR count).